The standard InChI is InChI=1S/C51H35N/c1-36-28-30-40(31-29-36)50-48(38-17-5-2-6-18-38)45-25-13-14-26-46(45)49(39-19-7-3-8-20-39)51(50)41-32-34-43(35-33-41)52(42-22-9-4-10-23-42)47-27-15-21-37-16-11-12-24-44(37)47/h2-7,9-19,21-35H,1H3. The minimum Gasteiger partial charge on any atom is -0.310 e. The van der Waals surface area contributed by atoms with Gasteiger partial charge >= 0.3 is 0 Å². The zero-order chi connectivity index (χ0) is 34.9. The van der Waals surface area contributed by atoms with Crippen molar-refractivity contribution in [2.45, 2.75) is 6.92 Å². The average Bonchev–Trinajstić information content (AvgIpc) is 3.22. The van der Waals surface area contributed by atoms with Gasteiger partial charge in [-0.05, 0) is 98.9 Å². The summed E-state index contributed by atoms with van der Waals surface area (Å²) in [6.07, 6.45) is 0. The number of nitrogens with zero attached hydrogens (tertiary/aromatic N) is 1. The summed E-state index contributed by atoms with van der Waals surface area (Å²) in [5.74, 6) is 0. The molecule has 0 spiro atoms. The zero-order valence-electron chi connectivity index (χ0n) is 28.9. The number of benzene rings is 8. The van der Waals surface area contributed by atoms with E-state index in [-0.39, 0.29) is 0 Å². The van der Waals surface area contributed by atoms with Crippen LogP contribution in [0.25, 0.3) is 66.1 Å². The van der Waals surface area contributed by atoms with E-state index in [1.165, 1.54) is 54.9 Å². The van der Waals surface area contributed by atoms with E-state index < -0.39 is 0 Å². The van der Waals surface area contributed by atoms with Gasteiger partial charge in [0.25, 0.3) is 0 Å². The fourth-order valence-corrected chi connectivity index (χ4v) is 7.60. The molecule has 0 saturated heterocycles. The lowest BCUT2D eigenvalue weighted by Gasteiger charge is -2.27. The summed E-state index contributed by atoms with van der Waals surface area (Å²) in [5, 5.41) is 4.82. The summed E-state index contributed by atoms with van der Waals surface area (Å²) < 4.78 is 0. The number of anilines is 3. The normalized spacial score (nSPS) is 11.0. The highest BCUT2D eigenvalue weighted by molar-refractivity contribution is 6.18. The van der Waals surface area contributed by atoms with Crippen LogP contribution in [0, 0.1) is 19.1 Å². The quantitative estimate of drug-likeness (QED) is 0.164. The van der Waals surface area contributed by atoms with E-state index in [4.69, 9.17) is 0 Å². The van der Waals surface area contributed by atoms with Gasteiger partial charge in [0.1, 0.15) is 0 Å². The Bertz CT molecular complexity index is 2640. The molecular weight excluding hydrogens is 627 g/mol. The molecule has 0 fully saturated rings. The molecule has 0 aliphatic carbocycles. The first kappa shape index (κ1) is 31.1. The summed E-state index contributed by atoms with van der Waals surface area (Å²) >= 11 is 0. The Morgan fingerprint density at radius 1 is 0.385 bits per heavy atom. The average molecular weight is 662 g/mol. The van der Waals surface area contributed by atoms with Crippen LogP contribution in [0.2, 0.25) is 0 Å². The first-order valence-electron chi connectivity index (χ1n) is 17.8. The predicted molar refractivity (Wildman–Crippen MR) is 220 cm³/mol. The third-order valence-corrected chi connectivity index (χ3v) is 9.97. The number of hydrogen-bond acceptors (Lipinski definition) is 1. The lowest BCUT2D eigenvalue weighted by atomic mass is 9.79. The maximum Gasteiger partial charge on any atom is 0.0540 e. The highest BCUT2D eigenvalue weighted by Gasteiger charge is 2.24. The molecule has 9 rings (SSSR count). The fourth-order valence-electron chi connectivity index (χ4n) is 7.60. The molecule has 0 bridgehead atoms. The molecule has 0 N–H and O–H groups in total. The molecule has 9 aromatic rings. The molecule has 9 aromatic carbocycles. The van der Waals surface area contributed by atoms with Gasteiger partial charge in [-0.2, -0.15) is 0 Å². The van der Waals surface area contributed by atoms with Crippen molar-refractivity contribution in [2.75, 3.05) is 4.90 Å². The summed E-state index contributed by atoms with van der Waals surface area (Å²) in [6.45, 7) is 2.15. The molecule has 0 radical (unpaired) electrons. The van der Waals surface area contributed by atoms with Crippen LogP contribution in [-0.4, -0.2) is 0 Å². The minimum atomic E-state index is 1.02. The van der Waals surface area contributed by atoms with E-state index in [1.807, 2.05) is 6.07 Å². The molecule has 0 heterocycles. The number of aryl methyl sites for hydroxylation is 1. The van der Waals surface area contributed by atoms with Crippen LogP contribution in [0.3, 0.4) is 0 Å². The van der Waals surface area contributed by atoms with E-state index in [2.05, 4.69) is 212 Å². The van der Waals surface area contributed by atoms with Crippen LogP contribution in [-0.2, 0) is 0 Å². The molecule has 1 nitrogen and oxygen atoms in total. The Balaban J connectivity index is 1.35. The first-order valence-corrected chi connectivity index (χ1v) is 17.8. The van der Waals surface area contributed by atoms with Gasteiger partial charge in [0, 0.05) is 27.9 Å². The Morgan fingerprint density at radius 2 is 0.923 bits per heavy atom. The second-order valence-electron chi connectivity index (χ2n) is 13.2. The number of para-hydroxylation sites is 1. The van der Waals surface area contributed by atoms with Crippen molar-refractivity contribution in [3.05, 3.63) is 212 Å². The highest BCUT2D eigenvalue weighted by Crippen LogP contribution is 2.51. The fraction of sp³-hybridized carbons (Fsp3) is 0.0196. The lowest BCUT2D eigenvalue weighted by molar-refractivity contribution is 1.30. The molecule has 0 atom stereocenters. The van der Waals surface area contributed by atoms with Gasteiger partial charge < -0.3 is 4.90 Å². The molecule has 0 aromatic heterocycles. The van der Waals surface area contributed by atoms with E-state index in [9.17, 15) is 0 Å². The Hall–Kier alpha value is -6.88. The molecule has 52 heavy (non-hydrogen) atoms. The van der Waals surface area contributed by atoms with E-state index in [0.717, 1.165) is 33.8 Å². The molecule has 244 valence electrons. The number of rotatable bonds is 7. The first-order chi connectivity index (χ1) is 25.7. The number of hydrogen-bond donors (Lipinski definition) is 0. The molecule has 0 aliphatic rings. The van der Waals surface area contributed by atoms with Gasteiger partial charge in [0.05, 0.1) is 5.69 Å². The maximum atomic E-state index is 3.49. The number of fused-ring (bicyclic) bond motifs is 2. The molecular formula is C51H35N. The molecule has 1 heteroatoms. The van der Waals surface area contributed by atoms with Gasteiger partial charge in [0.15, 0.2) is 0 Å². The topological polar surface area (TPSA) is 3.24 Å². The van der Waals surface area contributed by atoms with E-state index in [1.54, 1.807) is 0 Å². The maximum absolute atomic E-state index is 3.49. The second-order valence-corrected chi connectivity index (χ2v) is 13.2. The van der Waals surface area contributed by atoms with Gasteiger partial charge in [-0.25, -0.2) is 0 Å². The van der Waals surface area contributed by atoms with Crippen molar-refractivity contribution < 1.29 is 0 Å². The zero-order valence-corrected chi connectivity index (χ0v) is 28.9. The third-order valence-electron chi connectivity index (χ3n) is 9.97. The lowest BCUT2D eigenvalue weighted by Crippen LogP contribution is -2.10. The minimum absolute atomic E-state index is 1.02. The van der Waals surface area contributed by atoms with Crippen molar-refractivity contribution in [3.63, 3.8) is 0 Å². The van der Waals surface area contributed by atoms with E-state index in [0.29, 0.717) is 0 Å². The monoisotopic (exact) mass is 661 g/mol. The predicted octanol–water partition coefficient (Wildman–Crippen LogP) is 14.0. The van der Waals surface area contributed by atoms with Crippen LogP contribution in [0.4, 0.5) is 17.1 Å². The molecule has 0 saturated carbocycles. The van der Waals surface area contributed by atoms with Crippen molar-refractivity contribution in [1.82, 2.24) is 0 Å². The van der Waals surface area contributed by atoms with Crippen LogP contribution in [0.1, 0.15) is 5.56 Å². The van der Waals surface area contributed by atoms with Crippen molar-refractivity contribution >= 4 is 38.6 Å². The molecule has 0 amide bonds. The Labute approximate surface area is 305 Å². The van der Waals surface area contributed by atoms with Gasteiger partial charge in [0.2, 0.25) is 0 Å². The van der Waals surface area contributed by atoms with Crippen LogP contribution in [0.5, 0.6) is 0 Å². The van der Waals surface area contributed by atoms with Crippen molar-refractivity contribution in [3.8, 4) is 44.5 Å². The van der Waals surface area contributed by atoms with Crippen molar-refractivity contribution in [1.29, 1.82) is 0 Å². The summed E-state index contributed by atoms with van der Waals surface area (Å²) in [7, 11) is 0. The smallest absolute Gasteiger partial charge is 0.0540 e. The van der Waals surface area contributed by atoms with Gasteiger partial charge in [-0.3, -0.25) is 0 Å². The van der Waals surface area contributed by atoms with Crippen LogP contribution >= 0.6 is 0 Å². The second kappa shape index (κ2) is 13.4. The van der Waals surface area contributed by atoms with E-state index >= 15 is 0 Å². The third kappa shape index (κ3) is 5.58. The SMILES string of the molecule is Cc1ccc(-c2c(-c3ccc(N(c4ccccc4)c4cccc5ccccc45)cc3)c(-c3c#cccc3)c3ccccc3c2-c2ccccc2)cc1. The van der Waals surface area contributed by atoms with Crippen LogP contribution < -0.4 is 4.90 Å². The molecule has 0 aliphatic heterocycles. The Kier molecular flexibility index (Phi) is 8.05. The Morgan fingerprint density at radius 3 is 1.62 bits per heavy atom. The van der Waals surface area contributed by atoms with Crippen LogP contribution in [0.15, 0.2) is 194 Å². The van der Waals surface area contributed by atoms with Crippen molar-refractivity contribution in [2.24, 2.45) is 0 Å². The summed E-state index contributed by atoms with van der Waals surface area (Å²) in [5.41, 5.74) is 13.9. The highest BCUT2D eigenvalue weighted by atomic mass is 15.1. The molecule has 0 unspecified atom stereocenters. The van der Waals surface area contributed by atoms with Gasteiger partial charge in [-0.1, -0.05) is 169 Å². The van der Waals surface area contributed by atoms with Gasteiger partial charge in [-0.15, -0.1) is 0 Å². The largest absolute Gasteiger partial charge is 0.310 e. The summed E-state index contributed by atoms with van der Waals surface area (Å²) in [6, 6.07) is 76.5. The summed E-state index contributed by atoms with van der Waals surface area (Å²) in [4.78, 5) is 2.36.